The normalized spacial score (nSPS) is 11.6. The zero-order valence-electron chi connectivity index (χ0n) is 7.54. The molecule has 0 aromatic heterocycles. The van der Waals surface area contributed by atoms with E-state index in [1.807, 2.05) is 0 Å². The van der Waals surface area contributed by atoms with E-state index in [4.69, 9.17) is 23.2 Å². The molecule has 0 fully saturated rings. The first kappa shape index (κ1) is 13.8. The maximum atomic E-state index is 12.5. The highest BCUT2D eigenvalue weighted by Crippen LogP contribution is 2.39. The molecule has 88 valence electrons. The Bertz CT molecular complexity index is 431. The first-order valence-corrected chi connectivity index (χ1v) is 5.80. The number of halogens is 6. The van der Waals surface area contributed by atoms with Crippen LogP contribution in [0.1, 0.15) is 15.9 Å². The second kappa shape index (κ2) is 4.94. The first-order chi connectivity index (χ1) is 7.27. The van der Waals surface area contributed by atoms with Gasteiger partial charge in [-0.25, -0.2) is 0 Å². The fourth-order valence-electron chi connectivity index (χ4n) is 1.03. The van der Waals surface area contributed by atoms with Crippen LogP contribution in [0.5, 0.6) is 0 Å². The third kappa shape index (κ3) is 2.90. The maximum absolute atomic E-state index is 12.5. The van der Waals surface area contributed by atoms with Crippen molar-refractivity contribution in [2.75, 3.05) is 5.33 Å². The standard InChI is InChI=1S/C9H4BrCl2F3O/c10-3-7(16)4-1-5(9(13,14)15)8(12)6(11)2-4/h1-2H,3H2. The Kier molecular flexibility index (Phi) is 4.26. The molecule has 7 heteroatoms. The number of benzene rings is 1. The predicted molar refractivity (Wildman–Crippen MR) is 59.6 cm³/mol. The molecule has 1 aromatic rings. The van der Waals surface area contributed by atoms with Gasteiger partial charge in [0.25, 0.3) is 0 Å². The van der Waals surface area contributed by atoms with Crippen LogP contribution in [0.15, 0.2) is 12.1 Å². The summed E-state index contributed by atoms with van der Waals surface area (Å²) in [5.41, 5.74) is -1.23. The van der Waals surface area contributed by atoms with Gasteiger partial charge in [-0.2, -0.15) is 13.2 Å². The lowest BCUT2D eigenvalue weighted by atomic mass is 10.1. The summed E-state index contributed by atoms with van der Waals surface area (Å²) in [5.74, 6) is -0.496. The topological polar surface area (TPSA) is 17.1 Å². The molecule has 16 heavy (non-hydrogen) atoms. The van der Waals surface area contributed by atoms with Crippen LogP contribution in [0, 0.1) is 0 Å². The highest BCUT2D eigenvalue weighted by molar-refractivity contribution is 9.09. The fraction of sp³-hybridized carbons (Fsp3) is 0.222. The molecule has 1 nitrogen and oxygen atoms in total. The van der Waals surface area contributed by atoms with E-state index in [1.165, 1.54) is 0 Å². The minimum Gasteiger partial charge on any atom is -0.293 e. The summed E-state index contributed by atoms with van der Waals surface area (Å²) in [7, 11) is 0. The lowest BCUT2D eigenvalue weighted by Crippen LogP contribution is -2.09. The molecule has 0 saturated heterocycles. The fourth-order valence-corrected chi connectivity index (χ4v) is 1.79. The molecule has 0 unspecified atom stereocenters. The highest BCUT2D eigenvalue weighted by Gasteiger charge is 2.35. The van der Waals surface area contributed by atoms with E-state index in [9.17, 15) is 18.0 Å². The van der Waals surface area contributed by atoms with Crippen molar-refractivity contribution in [1.29, 1.82) is 0 Å². The molecule has 0 bridgehead atoms. The van der Waals surface area contributed by atoms with Crippen LogP contribution in [-0.2, 0) is 6.18 Å². The summed E-state index contributed by atoms with van der Waals surface area (Å²) in [4.78, 5) is 11.2. The van der Waals surface area contributed by atoms with Gasteiger partial charge < -0.3 is 0 Å². The van der Waals surface area contributed by atoms with Gasteiger partial charge >= 0.3 is 6.18 Å². The molecule has 0 N–H and O–H groups in total. The first-order valence-electron chi connectivity index (χ1n) is 3.92. The van der Waals surface area contributed by atoms with Crippen molar-refractivity contribution in [3.05, 3.63) is 33.3 Å². The lowest BCUT2D eigenvalue weighted by molar-refractivity contribution is -0.137. The monoisotopic (exact) mass is 334 g/mol. The second-order valence-electron chi connectivity index (χ2n) is 2.87. The van der Waals surface area contributed by atoms with Crippen molar-refractivity contribution in [2.24, 2.45) is 0 Å². The quantitative estimate of drug-likeness (QED) is 0.570. The summed E-state index contributed by atoms with van der Waals surface area (Å²) >= 11 is 13.8. The van der Waals surface area contributed by atoms with Gasteiger partial charge in [0.2, 0.25) is 0 Å². The minimum absolute atomic E-state index is 0.0811. The Hall–Kier alpha value is -0.260. The SMILES string of the molecule is O=C(CBr)c1cc(Cl)c(Cl)c(C(F)(F)F)c1. The second-order valence-corrected chi connectivity index (χ2v) is 4.22. The van der Waals surface area contributed by atoms with Crippen LogP contribution < -0.4 is 0 Å². The van der Waals surface area contributed by atoms with Crippen molar-refractivity contribution < 1.29 is 18.0 Å². The summed E-state index contributed by atoms with van der Waals surface area (Å²) in [6.07, 6.45) is -4.64. The number of carbonyl (C=O) groups is 1. The Morgan fingerprint density at radius 2 is 1.88 bits per heavy atom. The van der Waals surface area contributed by atoms with Crippen molar-refractivity contribution in [3.63, 3.8) is 0 Å². The highest BCUT2D eigenvalue weighted by atomic mass is 79.9. The smallest absolute Gasteiger partial charge is 0.293 e. The zero-order chi connectivity index (χ0) is 12.5. The number of carbonyl (C=O) groups excluding carboxylic acids is 1. The van der Waals surface area contributed by atoms with Crippen molar-refractivity contribution in [1.82, 2.24) is 0 Å². The summed E-state index contributed by atoms with van der Waals surface area (Å²) in [6, 6.07) is 1.81. The molecule has 0 aliphatic heterocycles. The average molecular weight is 336 g/mol. The van der Waals surface area contributed by atoms with Gasteiger partial charge in [0.15, 0.2) is 5.78 Å². The Balaban J connectivity index is 3.39. The van der Waals surface area contributed by atoms with E-state index in [0.29, 0.717) is 6.07 Å². The Morgan fingerprint density at radius 1 is 1.31 bits per heavy atom. The van der Waals surface area contributed by atoms with E-state index in [2.05, 4.69) is 15.9 Å². The van der Waals surface area contributed by atoms with Crippen molar-refractivity contribution >= 4 is 44.9 Å². The molecule has 0 saturated carbocycles. The van der Waals surface area contributed by atoms with Crippen LogP contribution in [0.2, 0.25) is 10.0 Å². The Labute approximate surface area is 108 Å². The molecule has 0 spiro atoms. The molecule has 0 heterocycles. The zero-order valence-corrected chi connectivity index (χ0v) is 10.6. The van der Waals surface area contributed by atoms with Crippen LogP contribution in [0.3, 0.4) is 0 Å². The van der Waals surface area contributed by atoms with E-state index in [1.54, 1.807) is 0 Å². The molecule has 0 amide bonds. The van der Waals surface area contributed by atoms with Gasteiger partial charge in [-0.3, -0.25) is 4.79 Å². The van der Waals surface area contributed by atoms with Crippen LogP contribution in [0.25, 0.3) is 0 Å². The third-order valence-corrected chi connectivity index (χ3v) is 3.09. The summed E-state index contributed by atoms with van der Waals surface area (Å²) < 4.78 is 37.5. The maximum Gasteiger partial charge on any atom is 0.417 e. The molecule has 1 aromatic carbocycles. The van der Waals surface area contributed by atoms with E-state index >= 15 is 0 Å². The number of hydrogen-bond acceptors (Lipinski definition) is 1. The van der Waals surface area contributed by atoms with Gasteiger partial charge in [-0.15, -0.1) is 0 Å². The van der Waals surface area contributed by atoms with Gasteiger partial charge in [0.05, 0.1) is 20.9 Å². The molecule has 1 rings (SSSR count). The number of ketones is 1. The molecular weight excluding hydrogens is 332 g/mol. The average Bonchev–Trinajstić information content (AvgIpc) is 2.18. The van der Waals surface area contributed by atoms with Crippen LogP contribution in [0.4, 0.5) is 13.2 Å². The number of hydrogen-bond donors (Lipinski definition) is 0. The lowest BCUT2D eigenvalue weighted by Gasteiger charge is -2.11. The van der Waals surface area contributed by atoms with Gasteiger partial charge in [-0.05, 0) is 12.1 Å². The van der Waals surface area contributed by atoms with Gasteiger partial charge in [0.1, 0.15) is 0 Å². The van der Waals surface area contributed by atoms with Crippen molar-refractivity contribution in [2.45, 2.75) is 6.18 Å². The molecular formula is C9H4BrCl2F3O. The van der Waals surface area contributed by atoms with Crippen molar-refractivity contribution in [3.8, 4) is 0 Å². The number of Topliss-reactive ketones (excluding diaryl/α,β-unsaturated/α-hetero) is 1. The molecule has 0 aliphatic rings. The summed E-state index contributed by atoms with van der Waals surface area (Å²) in [5, 5.41) is -0.969. The largest absolute Gasteiger partial charge is 0.417 e. The predicted octanol–water partition coefficient (Wildman–Crippen LogP) is 4.59. The van der Waals surface area contributed by atoms with E-state index in [-0.39, 0.29) is 15.9 Å². The molecule has 0 aliphatic carbocycles. The summed E-state index contributed by atoms with van der Waals surface area (Å²) in [6.45, 7) is 0. The van der Waals surface area contributed by atoms with E-state index < -0.39 is 22.5 Å². The van der Waals surface area contributed by atoms with Gasteiger partial charge in [-0.1, -0.05) is 39.1 Å². The van der Waals surface area contributed by atoms with Crippen LogP contribution in [-0.4, -0.2) is 11.1 Å². The third-order valence-electron chi connectivity index (χ3n) is 1.78. The molecule has 0 atom stereocenters. The van der Waals surface area contributed by atoms with E-state index in [0.717, 1.165) is 6.07 Å². The molecule has 0 radical (unpaired) electrons. The Morgan fingerprint density at radius 3 is 2.31 bits per heavy atom. The van der Waals surface area contributed by atoms with Gasteiger partial charge in [0, 0.05) is 5.56 Å². The number of rotatable bonds is 2. The number of alkyl halides is 4. The van der Waals surface area contributed by atoms with Crippen LogP contribution >= 0.6 is 39.1 Å². The minimum atomic E-state index is -4.64.